The molecule has 6 heteroatoms. The van der Waals surface area contributed by atoms with Crippen molar-refractivity contribution in [3.8, 4) is 11.5 Å². The highest BCUT2D eigenvalue weighted by molar-refractivity contribution is 5.87. The first-order valence-corrected chi connectivity index (χ1v) is 11.2. The summed E-state index contributed by atoms with van der Waals surface area (Å²) in [6, 6.07) is 12.8. The lowest BCUT2D eigenvalue weighted by Gasteiger charge is -2.18. The van der Waals surface area contributed by atoms with Crippen LogP contribution in [0.1, 0.15) is 43.7 Å². The quantitative estimate of drug-likeness (QED) is 0.217. The second kappa shape index (κ2) is 13.4. The fourth-order valence-electron chi connectivity index (χ4n) is 3.43. The van der Waals surface area contributed by atoms with Crippen molar-refractivity contribution in [2.24, 2.45) is 0 Å². The Morgan fingerprint density at radius 3 is 2.38 bits per heavy atom. The number of ether oxygens (including phenoxy) is 2. The monoisotopic (exact) mass is 439 g/mol. The van der Waals surface area contributed by atoms with E-state index in [1.807, 2.05) is 33.3 Å². The lowest BCUT2D eigenvalue weighted by molar-refractivity contribution is -0.107. The molecule has 6 nitrogen and oxygen atoms in total. The number of hydrogen-bond donors (Lipinski definition) is 3. The average Bonchev–Trinajstić information content (AvgIpc) is 2.83. The molecular weight excluding hydrogens is 402 g/mol. The minimum Gasteiger partial charge on any atom is -0.493 e. The van der Waals surface area contributed by atoms with Crippen LogP contribution in [0.15, 0.2) is 36.4 Å². The largest absolute Gasteiger partial charge is 0.493 e. The Kier molecular flexibility index (Phi) is 10.6. The van der Waals surface area contributed by atoms with E-state index >= 15 is 0 Å². The van der Waals surface area contributed by atoms with Gasteiger partial charge in [0.15, 0.2) is 11.5 Å². The van der Waals surface area contributed by atoms with Crippen LogP contribution in [-0.2, 0) is 4.79 Å². The molecule has 32 heavy (non-hydrogen) atoms. The maximum atomic E-state index is 10.5. The molecule has 0 saturated carbocycles. The third-order valence-corrected chi connectivity index (χ3v) is 5.47. The van der Waals surface area contributed by atoms with E-state index in [0.29, 0.717) is 30.6 Å². The number of nitrogens with one attached hydrogen (secondary N) is 3. The molecule has 0 aliphatic heterocycles. The third-order valence-electron chi connectivity index (χ3n) is 5.47. The van der Waals surface area contributed by atoms with Crippen LogP contribution in [-0.4, -0.2) is 47.2 Å². The summed E-state index contributed by atoms with van der Waals surface area (Å²) in [5, 5.41) is 9.80. The highest BCUT2D eigenvalue weighted by Gasteiger charge is 2.13. The molecule has 2 aromatic carbocycles. The van der Waals surface area contributed by atoms with Crippen LogP contribution in [0.4, 0.5) is 11.4 Å². The number of carbonyl (C=O) groups is 1. The van der Waals surface area contributed by atoms with Crippen molar-refractivity contribution in [1.29, 1.82) is 0 Å². The maximum absolute atomic E-state index is 10.5. The minimum absolute atomic E-state index is 0.333. The number of carbonyl (C=O) groups excluding carboxylic acids is 1. The third kappa shape index (κ3) is 7.31. The van der Waals surface area contributed by atoms with Crippen LogP contribution in [0.25, 0.3) is 11.6 Å². The molecule has 2 rings (SSSR count). The first kappa shape index (κ1) is 25.3. The number of aldehydes is 1. The van der Waals surface area contributed by atoms with Crippen LogP contribution in [0.2, 0.25) is 0 Å². The normalized spacial score (nSPS) is 12.2. The van der Waals surface area contributed by atoms with E-state index in [-0.39, 0.29) is 0 Å². The lowest BCUT2D eigenvalue weighted by atomic mass is 9.96. The number of hydrogen-bond acceptors (Lipinski definition) is 6. The smallest absolute Gasteiger partial charge is 0.163 e. The Balaban J connectivity index is 2.39. The van der Waals surface area contributed by atoms with E-state index in [4.69, 9.17) is 9.47 Å². The van der Waals surface area contributed by atoms with Crippen molar-refractivity contribution in [3.63, 3.8) is 0 Å². The van der Waals surface area contributed by atoms with Crippen LogP contribution >= 0.6 is 0 Å². The zero-order valence-electron chi connectivity index (χ0n) is 20.0. The number of benzene rings is 2. The van der Waals surface area contributed by atoms with E-state index < -0.39 is 0 Å². The van der Waals surface area contributed by atoms with Gasteiger partial charge >= 0.3 is 0 Å². The Morgan fingerprint density at radius 2 is 1.78 bits per heavy atom. The molecule has 0 amide bonds. The van der Waals surface area contributed by atoms with Crippen molar-refractivity contribution in [3.05, 3.63) is 47.5 Å². The summed E-state index contributed by atoms with van der Waals surface area (Å²) >= 11 is 0. The fourth-order valence-corrected chi connectivity index (χ4v) is 3.43. The Labute approximate surface area is 192 Å². The van der Waals surface area contributed by atoms with Crippen LogP contribution in [0, 0.1) is 0 Å². The van der Waals surface area contributed by atoms with Gasteiger partial charge in [0.1, 0.15) is 6.29 Å². The van der Waals surface area contributed by atoms with Crippen molar-refractivity contribution in [2.45, 2.75) is 38.6 Å². The molecular formula is C26H37N3O3. The number of methoxy groups -OCH3 is 1. The summed E-state index contributed by atoms with van der Waals surface area (Å²) in [6.45, 7) is 2.72. The fraction of sp³-hybridized carbons (Fsp3) is 0.423. The van der Waals surface area contributed by atoms with Crippen molar-refractivity contribution >= 4 is 29.3 Å². The molecule has 0 aliphatic rings. The summed E-state index contributed by atoms with van der Waals surface area (Å²) in [5.74, 6) is 1.39. The predicted octanol–water partition coefficient (Wildman–Crippen LogP) is 5.07. The lowest BCUT2D eigenvalue weighted by Crippen LogP contribution is -2.21. The second-order valence-electron chi connectivity index (χ2n) is 7.74. The summed E-state index contributed by atoms with van der Waals surface area (Å²) < 4.78 is 11.6. The van der Waals surface area contributed by atoms with Gasteiger partial charge < -0.3 is 30.2 Å². The first-order valence-electron chi connectivity index (χ1n) is 11.2. The Morgan fingerprint density at radius 1 is 1.03 bits per heavy atom. The average molecular weight is 440 g/mol. The summed E-state index contributed by atoms with van der Waals surface area (Å²) in [7, 11) is 7.47. The molecule has 1 atom stereocenters. The molecule has 0 radical (unpaired) electrons. The van der Waals surface area contributed by atoms with Crippen molar-refractivity contribution in [2.75, 3.05) is 45.5 Å². The molecule has 0 aliphatic carbocycles. The van der Waals surface area contributed by atoms with E-state index in [1.165, 1.54) is 11.1 Å². The maximum Gasteiger partial charge on any atom is 0.163 e. The number of unbranched alkanes of at least 4 members (excludes halogenated alkanes) is 2. The zero-order valence-corrected chi connectivity index (χ0v) is 20.0. The van der Waals surface area contributed by atoms with Gasteiger partial charge in [0, 0.05) is 49.6 Å². The molecule has 0 saturated heterocycles. The number of anilines is 2. The second-order valence-corrected chi connectivity index (χ2v) is 7.74. The van der Waals surface area contributed by atoms with Gasteiger partial charge in [-0.2, -0.15) is 0 Å². The molecule has 0 aromatic heterocycles. The van der Waals surface area contributed by atoms with E-state index in [2.05, 4.69) is 53.2 Å². The van der Waals surface area contributed by atoms with E-state index in [9.17, 15) is 4.79 Å². The van der Waals surface area contributed by atoms with Gasteiger partial charge in [-0.3, -0.25) is 0 Å². The van der Waals surface area contributed by atoms with Gasteiger partial charge in [-0.05, 0) is 68.6 Å². The van der Waals surface area contributed by atoms with Gasteiger partial charge in [-0.15, -0.1) is 0 Å². The minimum atomic E-state index is 0.333. The highest BCUT2D eigenvalue weighted by Crippen LogP contribution is 2.36. The van der Waals surface area contributed by atoms with Gasteiger partial charge in [-0.1, -0.05) is 12.1 Å². The molecule has 0 unspecified atom stereocenters. The molecule has 3 N–H and O–H groups in total. The predicted molar refractivity (Wildman–Crippen MR) is 135 cm³/mol. The van der Waals surface area contributed by atoms with Crippen molar-refractivity contribution < 1.29 is 14.3 Å². The first-order chi connectivity index (χ1) is 15.6. The van der Waals surface area contributed by atoms with Gasteiger partial charge in [-0.25, -0.2) is 0 Å². The molecule has 0 spiro atoms. The zero-order chi connectivity index (χ0) is 23.3. The molecule has 2 aromatic rings. The van der Waals surface area contributed by atoms with E-state index in [1.54, 1.807) is 7.11 Å². The van der Waals surface area contributed by atoms with Crippen LogP contribution in [0.3, 0.4) is 0 Å². The van der Waals surface area contributed by atoms with Gasteiger partial charge in [0.2, 0.25) is 0 Å². The number of rotatable bonds is 14. The molecule has 0 heterocycles. The standard InChI is InChI=1S/C26H37N3O3/c1-19(27-2)15-21(20-9-11-23(28-3)12-10-20)16-22-17-25(31-5)26(18-24(22)29-4)32-14-8-6-7-13-30/h9-13,16-19,27-29H,6-8,14-15H2,1-5H3/b21-16+/t19-/m1/s1. The highest BCUT2D eigenvalue weighted by atomic mass is 16.5. The van der Waals surface area contributed by atoms with Gasteiger partial charge in [0.05, 0.1) is 13.7 Å². The SMILES string of the molecule is CNc1ccc(/C(=C/c2cc(OC)c(OCCCCC=O)cc2NC)C[C@@H](C)NC)cc1. The molecule has 0 fully saturated rings. The Bertz CT molecular complexity index is 879. The van der Waals surface area contributed by atoms with Crippen molar-refractivity contribution in [1.82, 2.24) is 5.32 Å². The Hall–Kier alpha value is -2.99. The molecule has 0 bridgehead atoms. The summed E-state index contributed by atoms with van der Waals surface area (Å²) in [6.07, 6.45) is 6.26. The summed E-state index contributed by atoms with van der Waals surface area (Å²) in [4.78, 5) is 10.5. The topological polar surface area (TPSA) is 71.6 Å². The van der Waals surface area contributed by atoms with Gasteiger partial charge in [0.25, 0.3) is 0 Å². The summed E-state index contributed by atoms with van der Waals surface area (Å²) in [5.41, 5.74) is 5.50. The molecule has 174 valence electrons. The van der Waals surface area contributed by atoms with E-state index in [0.717, 1.165) is 42.5 Å². The van der Waals surface area contributed by atoms with Crippen LogP contribution < -0.4 is 25.4 Å². The van der Waals surface area contributed by atoms with Crippen LogP contribution in [0.5, 0.6) is 11.5 Å².